The molecule has 0 atom stereocenters. The van der Waals surface area contributed by atoms with E-state index in [9.17, 15) is 9.18 Å². The van der Waals surface area contributed by atoms with Gasteiger partial charge in [-0.3, -0.25) is 4.79 Å². The molecule has 4 rings (SSSR count). The number of nitrogens with one attached hydrogen (secondary N) is 1. The first-order valence-corrected chi connectivity index (χ1v) is 10.0. The van der Waals surface area contributed by atoms with E-state index in [1.165, 1.54) is 12.1 Å². The van der Waals surface area contributed by atoms with Crippen LogP contribution in [0.1, 0.15) is 23.4 Å². The molecule has 2 heterocycles. The molecule has 4 aromatic rings. The summed E-state index contributed by atoms with van der Waals surface area (Å²) in [5.74, 6) is 0.351. The number of anilines is 1. The molecule has 31 heavy (non-hydrogen) atoms. The first-order valence-electron chi connectivity index (χ1n) is 10.0. The molecule has 158 valence electrons. The van der Waals surface area contributed by atoms with E-state index >= 15 is 0 Å². The minimum Gasteiger partial charge on any atom is -0.497 e. The normalized spacial score (nSPS) is 11.0. The Morgan fingerprint density at radius 3 is 2.61 bits per heavy atom. The van der Waals surface area contributed by atoms with Gasteiger partial charge in [0.25, 0.3) is 0 Å². The standard InChI is InChI=1S/C24H23FN4O2/c1-15-21(11-12-24(30)27-19-7-9-20(31-3)10-8-19)16(2)29-23(26-15)14-22(28-29)17-5-4-6-18(25)13-17/h4-10,13-14H,11-12H2,1-3H3,(H,27,30). The minimum atomic E-state index is -0.307. The molecule has 1 amide bonds. The lowest BCUT2D eigenvalue weighted by Gasteiger charge is -2.11. The van der Waals surface area contributed by atoms with Gasteiger partial charge in [0.05, 0.1) is 12.8 Å². The van der Waals surface area contributed by atoms with Crippen molar-refractivity contribution in [2.75, 3.05) is 12.4 Å². The summed E-state index contributed by atoms with van der Waals surface area (Å²) < 4.78 is 20.5. The number of carbonyl (C=O) groups excluding carboxylic acids is 1. The second-order valence-electron chi connectivity index (χ2n) is 7.35. The molecule has 0 aliphatic rings. The zero-order valence-corrected chi connectivity index (χ0v) is 17.6. The van der Waals surface area contributed by atoms with Crippen LogP contribution in [-0.2, 0) is 11.2 Å². The van der Waals surface area contributed by atoms with Crippen molar-refractivity contribution in [2.24, 2.45) is 0 Å². The van der Waals surface area contributed by atoms with E-state index in [0.717, 1.165) is 28.4 Å². The molecule has 0 radical (unpaired) electrons. The van der Waals surface area contributed by atoms with Gasteiger partial charge in [-0.15, -0.1) is 0 Å². The molecular formula is C24H23FN4O2. The lowest BCUT2D eigenvalue weighted by atomic mass is 10.1. The summed E-state index contributed by atoms with van der Waals surface area (Å²) in [6.07, 6.45) is 0.858. The topological polar surface area (TPSA) is 68.5 Å². The maximum absolute atomic E-state index is 13.6. The summed E-state index contributed by atoms with van der Waals surface area (Å²) >= 11 is 0. The Bertz CT molecular complexity index is 1250. The Morgan fingerprint density at radius 2 is 1.90 bits per heavy atom. The second-order valence-corrected chi connectivity index (χ2v) is 7.35. The number of methoxy groups -OCH3 is 1. The summed E-state index contributed by atoms with van der Waals surface area (Å²) in [5, 5.41) is 7.51. The van der Waals surface area contributed by atoms with Crippen LogP contribution in [0.25, 0.3) is 16.9 Å². The average Bonchev–Trinajstić information content (AvgIpc) is 3.18. The van der Waals surface area contributed by atoms with Gasteiger partial charge in [-0.25, -0.2) is 13.9 Å². The molecule has 0 saturated heterocycles. The van der Waals surface area contributed by atoms with Crippen LogP contribution in [0.15, 0.2) is 54.6 Å². The highest BCUT2D eigenvalue weighted by molar-refractivity contribution is 5.90. The van der Waals surface area contributed by atoms with E-state index in [-0.39, 0.29) is 11.7 Å². The molecule has 7 heteroatoms. The number of nitrogens with zero attached hydrogens (tertiary/aromatic N) is 3. The van der Waals surface area contributed by atoms with Crippen LogP contribution >= 0.6 is 0 Å². The number of amides is 1. The summed E-state index contributed by atoms with van der Waals surface area (Å²) in [6.45, 7) is 3.89. The highest BCUT2D eigenvalue weighted by Crippen LogP contribution is 2.23. The van der Waals surface area contributed by atoms with Crippen molar-refractivity contribution in [1.29, 1.82) is 0 Å². The van der Waals surface area contributed by atoms with Crippen molar-refractivity contribution in [2.45, 2.75) is 26.7 Å². The number of hydrogen-bond donors (Lipinski definition) is 1. The molecule has 0 saturated carbocycles. The smallest absolute Gasteiger partial charge is 0.224 e. The summed E-state index contributed by atoms with van der Waals surface area (Å²) in [6, 6.07) is 15.4. The number of aromatic nitrogens is 3. The molecule has 2 aromatic carbocycles. The van der Waals surface area contributed by atoms with Gasteiger partial charge in [-0.2, -0.15) is 5.10 Å². The monoisotopic (exact) mass is 418 g/mol. The van der Waals surface area contributed by atoms with E-state index in [4.69, 9.17) is 4.74 Å². The van der Waals surface area contributed by atoms with Gasteiger partial charge in [0.1, 0.15) is 11.6 Å². The van der Waals surface area contributed by atoms with Crippen LogP contribution in [0.4, 0.5) is 10.1 Å². The predicted octanol–water partition coefficient (Wildman–Crippen LogP) is 4.73. The number of rotatable bonds is 6. The van der Waals surface area contributed by atoms with E-state index in [0.29, 0.717) is 29.7 Å². The zero-order chi connectivity index (χ0) is 22.0. The molecule has 0 bridgehead atoms. The predicted molar refractivity (Wildman–Crippen MR) is 118 cm³/mol. The van der Waals surface area contributed by atoms with Gasteiger partial charge in [-0.05, 0) is 62.2 Å². The minimum absolute atomic E-state index is 0.0787. The number of hydrogen-bond acceptors (Lipinski definition) is 4. The van der Waals surface area contributed by atoms with Gasteiger partial charge in [0.2, 0.25) is 5.91 Å². The zero-order valence-electron chi connectivity index (χ0n) is 17.6. The Kier molecular flexibility index (Phi) is 5.66. The molecule has 0 spiro atoms. The van der Waals surface area contributed by atoms with E-state index in [1.807, 2.05) is 26.0 Å². The molecule has 0 aliphatic heterocycles. The lowest BCUT2D eigenvalue weighted by molar-refractivity contribution is -0.116. The molecule has 2 aromatic heterocycles. The Morgan fingerprint density at radius 1 is 1.13 bits per heavy atom. The molecular weight excluding hydrogens is 395 g/mol. The van der Waals surface area contributed by atoms with Crippen LogP contribution in [0.5, 0.6) is 5.75 Å². The Labute approximate surface area is 179 Å². The number of halogens is 1. The average molecular weight is 418 g/mol. The third-order valence-corrected chi connectivity index (χ3v) is 5.26. The van der Waals surface area contributed by atoms with E-state index in [1.54, 1.807) is 42.0 Å². The Balaban J connectivity index is 1.52. The van der Waals surface area contributed by atoms with Crippen molar-refractivity contribution in [3.05, 3.63) is 77.4 Å². The highest BCUT2D eigenvalue weighted by Gasteiger charge is 2.15. The fourth-order valence-electron chi connectivity index (χ4n) is 3.61. The number of fused-ring (bicyclic) bond motifs is 1. The van der Waals surface area contributed by atoms with Crippen molar-refractivity contribution in [3.8, 4) is 17.0 Å². The lowest BCUT2D eigenvalue weighted by Crippen LogP contribution is -2.14. The number of benzene rings is 2. The highest BCUT2D eigenvalue weighted by atomic mass is 19.1. The van der Waals surface area contributed by atoms with Gasteiger partial charge in [0, 0.05) is 35.1 Å². The summed E-state index contributed by atoms with van der Waals surface area (Å²) in [4.78, 5) is 17.1. The Hall–Kier alpha value is -3.74. The second kappa shape index (κ2) is 8.55. The van der Waals surface area contributed by atoms with Crippen LogP contribution in [0, 0.1) is 19.7 Å². The summed E-state index contributed by atoms with van der Waals surface area (Å²) in [7, 11) is 1.60. The first kappa shape index (κ1) is 20.5. The molecule has 0 unspecified atom stereocenters. The van der Waals surface area contributed by atoms with Gasteiger partial charge < -0.3 is 10.1 Å². The fourth-order valence-corrected chi connectivity index (χ4v) is 3.61. The van der Waals surface area contributed by atoms with Crippen LogP contribution in [0.3, 0.4) is 0 Å². The third-order valence-electron chi connectivity index (χ3n) is 5.26. The number of ether oxygens (including phenoxy) is 1. The molecule has 0 aliphatic carbocycles. The molecule has 0 fully saturated rings. The number of aryl methyl sites for hydroxylation is 2. The molecule has 6 nitrogen and oxygen atoms in total. The van der Waals surface area contributed by atoms with Gasteiger partial charge >= 0.3 is 0 Å². The maximum atomic E-state index is 13.6. The first-order chi connectivity index (χ1) is 14.9. The molecule has 1 N–H and O–H groups in total. The van der Waals surface area contributed by atoms with Crippen molar-refractivity contribution < 1.29 is 13.9 Å². The van der Waals surface area contributed by atoms with Gasteiger partial charge in [-0.1, -0.05) is 12.1 Å². The van der Waals surface area contributed by atoms with Gasteiger partial charge in [0.15, 0.2) is 5.65 Å². The van der Waals surface area contributed by atoms with Crippen molar-refractivity contribution in [1.82, 2.24) is 14.6 Å². The SMILES string of the molecule is COc1ccc(NC(=O)CCc2c(C)nc3cc(-c4cccc(F)c4)nn3c2C)cc1. The third kappa shape index (κ3) is 4.40. The van der Waals surface area contributed by atoms with E-state index < -0.39 is 0 Å². The van der Waals surface area contributed by atoms with E-state index in [2.05, 4.69) is 15.4 Å². The van der Waals surface area contributed by atoms with Crippen molar-refractivity contribution >= 4 is 17.2 Å². The fraction of sp³-hybridized carbons (Fsp3) is 0.208. The summed E-state index contributed by atoms with van der Waals surface area (Å²) in [5.41, 5.74) is 5.52. The van der Waals surface area contributed by atoms with Crippen LogP contribution in [-0.4, -0.2) is 27.6 Å². The maximum Gasteiger partial charge on any atom is 0.224 e. The van der Waals surface area contributed by atoms with Crippen LogP contribution in [0.2, 0.25) is 0 Å². The van der Waals surface area contributed by atoms with Crippen LogP contribution < -0.4 is 10.1 Å². The quantitative estimate of drug-likeness (QED) is 0.491. The van der Waals surface area contributed by atoms with Crippen molar-refractivity contribution in [3.63, 3.8) is 0 Å². The number of carbonyl (C=O) groups is 1. The largest absolute Gasteiger partial charge is 0.497 e.